The fraction of sp³-hybridized carbons (Fsp3) is 0.333. The summed E-state index contributed by atoms with van der Waals surface area (Å²) in [5.41, 5.74) is 11.5. The maximum absolute atomic E-state index is 12.6. The van der Waals surface area contributed by atoms with Gasteiger partial charge in [-0.15, -0.1) is 0 Å². The third kappa shape index (κ3) is 9.89. The molecule has 2 bridgehead atoms. The van der Waals surface area contributed by atoms with Gasteiger partial charge in [0.25, 0.3) is 6.47 Å². The number of ether oxygens (including phenoxy) is 1. The number of methoxy groups -OCH3 is 1. The zero-order valence-electron chi connectivity index (χ0n) is 21.3. The quantitative estimate of drug-likeness (QED) is 0.0850. The number of aliphatic hydroxyl groups is 1. The highest BCUT2D eigenvalue weighted by molar-refractivity contribution is 6.31. The molecule has 1 aliphatic heterocycles. The van der Waals surface area contributed by atoms with Gasteiger partial charge in [-0.05, 0) is 42.2 Å². The minimum absolute atomic E-state index is 0.0138. The predicted octanol–water partition coefficient (Wildman–Crippen LogP) is 4.77. The number of carbonyl (C=O) groups is 2. The number of nitrogens with one attached hydrogen (secondary N) is 2. The van der Waals surface area contributed by atoms with E-state index < -0.39 is 0 Å². The molecule has 0 fully saturated rings. The van der Waals surface area contributed by atoms with Crippen molar-refractivity contribution in [3.63, 3.8) is 0 Å². The van der Waals surface area contributed by atoms with Crippen molar-refractivity contribution in [3.8, 4) is 11.1 Å². The van der Waals surface area contributed by atoms with E-state index in [1.165, 1.54) is 20.5 Å². The number of allylic oxidation sites excluding steroid dienone is 2. The largest absolute Gasteiger partial charge is 0.471 e. The first-order chi connectivity index (χ1) is 17.9. The summed E-state index contributed by atoms with van der Waals surface area (Å²) in [5, 5.41) is 11.0. The van der Waals surface area contributed by atoms with E-state index in [0.717, 1.165) is 47.3 Å². The van der Waals surface area contributed by atoms with Gasteiger partial charge in [0.15, 0.2) is 13.4 Å². The van der Waals surface area contributed by atoms with Gasteiger partial charge in [-0.2, -0.15) is 0 Å². The summed E-state index contributed by atoms with van der Waals surface area (Å²) in [6, 6.07) is 14.0. The number of rotatable bonds is 8. The van der Waals surface area contributed by atoms with Gasteiger partial charge >= 0.3 is 0 Å². The number of carbonyl (C=O) groups excluding carboxylic acids is 2. The van der Waals surface area contributed by atoms with E-state index in [2.05, 4.69) is 37.4 Å². The van der Waals surface area contributed by atoms with Gasteiger partial charge in [0.05, 0.1) is 17.8 Å². The lowest BCUT2D eigenvalue weighted by atomic mass is 9.85. The number of benzene rings is 2. The Morgan fingerprint density at radius 2 is 2.05 bits per heavy atom. The Hall–Kier alpha value is -3.37. The topological polar surface area (TPSA) is 125 Å². The van der Waals surface area contributed by atoms with Crippen LogP contribution in [0.4, 0.5) is 11.4 Å². The van der Waals surface area contributed by atoms with E-state index in [-0.39, 0.29) is 17.9 Å². The van der Waals surface area contributed by atoms with E-state index >= 15 is 0 Å². The standard InChI is InChI=1S/C25H30ClN3O4.C2H4O2/c1-28-20-11-12-22-18-7-5-6-17(14-18)21(8-3-4-9-25(30)29-24(22)15-20)23(27)13-10-19(26)16-32-33-31-2;1-4-2-3/h5-7,10-16,21,23,28H,3-4,8-9,27H2,1-2H3,(H,29,30);2H,1H3/p+1/b13-10-,19-16+;. The number of amides is 1. The monoisotopic (exact) mass is 532 g/mol. The molecule has 5 N–H and O–H groups in total. The molecule has 2 atom stereocenters. The highest BCUT2D eigenvalue weighted by atomic mass is 35.5. The second-order valence-electron chi connectivity index (χ2n) is 8.16. The van der Waals surface area contributed by atoms with Gasteiger partial charge in [-0.1, -0.05) is 54.4 Å². The number of hydrogen-bond acceptors (Lipinski definition) is 7. The summed E-state index contributed by atoms with van der Waals surface area (Å²) in [6.07, 6.45) is 7.76. The third-order valence-corrected chi connectivity index (χ3v) is 5.91. The van der Waals surface area contributed by atoms with Gasteiger partial charge in [0, 0.05) is 36.7 Å². The van der Waals surface area contributed by atoms with Crippen molar-refractivity contribution < 1.29 is 29.1 Å². The van der Waals surface area contributed by atoms with Crippen LogP contribution in [0.1, 0.15) is 37.2 Å². The van der Waals surface area contributed by atoms with Crippen molar-refractivity contribution in [3.05, 3.63) is 71.5 Å². The van der Waals surface area contributed by atoms with Crippen molar-refractivity contribution >= 4 is 35.4 Å². The second kappa shape index (κ2) is 16.4. The lowest BCUT2D eigenvalue weighted by Gasteiger charge is -2.24. The molecule has 200 valence electrons. The van der Waals surface area contributed by atoms with Crippen LogP contribution in [-0.4, -0.2) is 44.6 Å². The molecule has 2 aromatic rings. The van der Waals surface area contributed by atoms with E-state index in [1.807, 2.05) is 43.5 Å². The van der Waals surface area contributed by atoms with Crippen LogP contribution >= 0.6 is 11.6 Å². The molecule has 1 amide bonds. The summed E-state index contributed by atoms with van der Waals surface area (Å²) < 4.78 is 3.86. The van der Waals surface area contributed by atoms with Crippen molar-refractivity contribution in [2.45, 2.75) is 37.6 Å². The van der Waals surface area contributed by atoms with Gasteiger partial charge in [0.2, 0.25) is 5.91 Å². The summed E-state index contributed by atoms with van der Waals surface area (Å²) in [5.74, 6) is 0.0796. The fourth-order valence-electron chi connectivity index (χ4n) is 3.92. The number of anilines is 2. The predicted molar refractivity (Wildman–Crippen MR) is 146 cm³/mol. The summed E-state index contributed by atoms with van der Waals surface area (Å²) in [4.78, 5) is 29.6. The van der Waals surface area contributed by atoms with E-state index in [9.17, 15) is 4.79 Å². The molecule has 0 aromatic heterocycles. The first kappa shape index (κ1) is 29.9. The molecular weight excluding hydrogens is 498 g/mol. The molecule has 2 unspecified atom stereocenters. The van der Waals surface area contributed by atoms with Crippen LogP contribution in [0.15, 0.2) is 65.9 Å². The third-order valence-electron chi connectivity index (χ3n) is 5.69. The van der Waals surface area contributed by atoms with Gasteiger partial charge < -0.3 is 21.1 Å². The van der Waals surface area contributed by atoms with Crippen LogP contribution in [0.25, 0.3) is 11.1 Å². The molecule has 1 aliphatic rings. The van der Waals surface area contributed by atoms with Crippen LogP contribution in [-0.2, 0) is 24.3 Å². The van der Waals surface area contributed by atoms with Crippen molar-refractivity contribution in [2.24, 2.45) is 5.73 Å². The Balaban J connectivity index is 0.00000112. The number of nitrogens with two attached hydrogens (primary N) is 1. The van der Waals surface area contributed by atoms with Crippen molar-refractivity contribution in [1.82, 2.24) is 0 Å². The number of hydrogen-bond donors (Lipinski definition) is 3. The highest BCUT2D eigenvalue weighted by Gasteiger charge is 2.20. The molecular formula is C27H35ClN3O6+. The summed E-state index contributed by atoms with van der Waals surface area (Å²) in [6.45, 7) is 0.375. The Morgan fingerprint density at radius 3 is 2.76 bits per heavy atom. The molecule has 3 rings (SSSR count). The second-order valence-corrected chi connectivity index (χ2v) is 8.60. The minimum Gasteiger partial charge on any atom is -0.471 e. The zero-order chi connectivity index (χ0) is 27.0. The Labute approximate surface area is 222 Å². The maximum Gasteiger partial charge on any atom is 0.292 e. The van der Waals surface area contributed by atoms with Crippen molar-refractivity contribution in [1.29, 1.82) is 0 Å². The van der Waals surface area contributed by atoms with Crippen LogP contribution in [0.5, 0.6) is 0 Å². The maximum atomic E-state index is 12.6. The normalized spacial score (nSPS) is 16.6. The van der Waals surface area contributed by atoms with E-state index in [4.69, 9.17) is 27.0 Å². The highest BCUT2D eigenvalue weighted by Crippen LogP contribution is 2.35. The van der Waals surface area contributed by atoms with Gasteiger partial charge in [0.1, 0.15) is 5.04 Å². The van der Waals surface area contributed by atoms with Crippen LogP contribution in [0, 0.1) is 0 Å². The smallest absolute Gasteiger partial charge is 0.292 e. The minimum atomic E-state index is -0.276. The Morgan fingerprint density at radius 1 is 1.27 bits per heavy atom. The molecule has 1 heterocycles. The number of fused-ring (bicyclic) bond motifs is 4. The lowest BCUT2D eigenvalue weighted by molar-refractivity contribution is -0.559. The first-order valence-electron chi connectivity index (χ1n) is 11.8. The molecule has 10 heteroatoms. The van der Waals surface area contributed by atoms with Gasteiger partial charge in [-0.3, -0.25) is 14.5 Å². The summed E-state index contributed by atoms with van der Waals surface area (Å²) >= 11 is 6.13. The average Bonchev–Trinajstić information content (AvgIpc) is 2.91. The molecule has 0 aliphatic carbocycles. The van der Waals surface area contributed by atoms with Crippen LogP contribution in [0.3, 0.4) is 0 Å². The van der Waals surface area contributed by atoms with Crippen LogP contribution in [0.2, 0.25) is 0 Å². The fourth-order valence-corrected chi connectivity index (χ4v) is 4.03. The number of halogens is 1. The zero-order valence-corrected chi connectivity index (χ0v) is 22.0. The average molecular weight is 533 g/mol. The Bertz CT molecular complexity index is 1080. The molecule has 37 heavy (non-hydrogen) atoms. The van der Waals surface area contributed by atoms with E-state index in [0.29, 0.717) is 17.9 Å². The van der Waals surface area contributed by atoms with Crippen molar-refractivity contribution in [2.75, 3.05) is 31.9 Å². The molecule has 9 nitrogen and oxygen atoms in total. The van der Waals surface area contributed by atoms with Gasteiger partial charge in [-0.25, -0.2) is 4.89 Å². The molecule has 0 radical (unpaired) electrons. The lowest BCUT2D eigenvalue weighted by Crippen LogP contribution is -2.26. The van der Waals surface area contributed by atoms with Crippen LogP contribution < -0.4 is 16.4 Å². The Kier molecular flexibility index (Phi) is 13.2. The molecule has 0 saturated carbocycles. The molecule has 2 aromatic carbocycles. The molecule has 0 saturated heterocycles. The van der Waals surface area contributed by atoms with E-state index in [1.54, 1.807) is 6.08 Å². The first-order valence-corrected chi connectivity index (χ1v) is 12.2. The summed E-state index contributed by atoms with van der Waals surface area (Å²) in [7, 11) is 4.62. The SMILES string of the molecule is CNc1ccc2c(c1)NC(=O)CCCCC(C(N)/C=C\C(Cl)=C/OO[OH+]C)c1cccc-2c1.COC=O. The molecule has 0 spiro atoms.